The summed E-state index contributed by atoms with van der Waals surface area (Å²) in [6.45, 7) is 0. The first kappa shape index (κ1) is 22.0. The van der Waals surface area contributed by atoms with Gasteiger partial charge in [0.25, 0.3) is 0 Å². The van der Waals surface area contributed by atoms with Gasteiger partial charge in [-0.2, -0.15) is 0 Å². The van der Waals surface area contributed by atoms with Gasteiger partial charge in [0.1, 0.15) is 0 Å². The number of hydrogen-bond acceptors (Lipinski definition) is 0. The van der Waals surface area contributed by atoms with Crippen LogP contribution in [0.2, 0.25) is 0 Å². The standard InChI is InChI=1S/C32H26NSeSi/c1-5-15-27(16-6-1)33-24-26-14-13-23-31(32(26)34-25-33)35(28-17-7-2-8-18-28,29-19-9-3-10-20-29)30-21-11-4-12-22-30/h1-24H,25H2/q+1. The third-order valence-corrected chi connectivity index (χ3v) is 14.4. The topological polar surface area (TPSA) is 3.01 Å². The van der Waals surface area contributed by atoms with Crippen LogP contribution in [0.4, 0.5) is 5.69 Å². The Bertz CT molecular complexity index is 1370. The van der Waals surface area contributed by atoms with E-state index in [1.54, 1.807) is 4.46 Å². The third-order valence-electron chi connectivity index (χ3n) is 6.80. The van der Waals surface area contributed by atoms with Gasteiger partial charge in [-0.25, -0.2) is 0 Å². The van der Waals surface area contributed by atoms with Crippen LogP contribution in [-0.4, -0.2) is 39.3 Å². The van der Waals surface area contributed by atoms with Crippen LogP contribution in [0.1, 0.15) is 5.56 Å². The molecule has 3 heteroatoms. The van der Waals surface area contributed by atoms with Crippen molar-refractivity contribution >= 4 is 60.1 Å². The molecule has 0 amide bonds. The quantitative estimate of drug-likeness (QED) is 0.186. The summed E-state index contributed by atoms with van der Waals surface area (Å²) >= 11 is 0.326. The summed E-state index contributed by atoms with van der Waals surface area (Å²) in [7, 11) is -2.50. The van der Waals surface area contributed by atoms with Crippen LogP contribution in [0.3, 0.4) is 0 Å². The summed E-state index contributed by atoms with van der Waals surface area (Å²) in [6, 6.07) is 51.4. The molecule has 0 radical (unpaired) electrons. The monoisotopic (exact) mass is 532 g/mol. The molecule has 5 aromatic carbocycles. The van der Waals surface area contributed by atoms with E-state index in [0.29, 0.717) is 15.0 Å². The summed E-state index contributed by atoms with van der Waals surface area (Å²) in [4.78, 5) is 0. The molecule has 0 unspecified atom stereocenters. The van der Waals surface area contributed by atoms with Gasteiger partial charge < -0.3 is 0 Å². The van der Waals surface area contributed by atoms with Gasteiger partial charge in [-0.1, -0.05) is 0 Å². The zero-order valence-electron chi connectivity index (χ0n) is 19.4. The zero-order valence-corrected chi connectivity index (χ0v) is 22.1. The molecule has 0 aliphatic carbocycles. The van der Waals surface area contributed by atoms with Crippen LogP contribution in [0.25, 0.3) is 0 Å². The van der Waals surface area contributed by atoms with Crippen LogP contribution < -0.4 is 25.2 Å². The van der Waals surface area contributed by atoms with Gasteiger partial charge in [-0.15, -0.1) is 0 Å². The molecule has 0 N–H and O–H groups in total. The van der Waals surface area contributed by atoms with Crippen LogP contribution in [0.15, 0.2) is 140 Å². The van der Waals surface area contributed by atoms with Crippen molar-refractivity contribution in [3.05, 3.63) is 145 Å². The zero-order chi connectivity index (χ0) is 23.5. The summed E-state index contributed by atoms with van der Waals surface area (Å²) in [5, 5.41) is 5.84. The van der Waals surface area contributed by atoms with E-state index in [0.717, 1.165) is 5.44 Å². The van der Waals surface area contributed by atoms with E-state index in [9.17, 15) is 0 Å². The Morgan fingerprint density at radius 3 is 1.51 bits per heavy atom. The molecule has 0 fully saturated rings. The van der Waals surface area contributed by atoms with Crippen LogP contribution >= 0.6 is 0 Å². The second-order valence-electron chi connectivity index (χ2n) is 8.78. The third kappa shape index (κ3) is 3.92. The second kappa shape index (κ2) is 9.63. The maximum absolute atomic E-state index is 2.50. The molecule has 5 aromatic rings. The predicted octanol–water partition coefficient (Wildman–Crippen LogP) is 3.13. The van der Waals surface area contributed by atoms with Gasteiger partial charge in [0.05, 0.1) is 0 Å². The molecular formula is C32H26NSeSi+. The van der Waals surface area contributed by atoms with Crippen molar-refractivity contribution < 1.29 is 4.58 Å². The number of para-hydroxylation sites is 1. The average Bonchev–Trinajstić information content (AvgIpc) is 2.95. The molecule has 1 nitrogen and oxygen atoms in total. The molecule has 6 rings (SSSR count). The van der Waals surface area contributed by atoms with Crippen LogP contribution in [0.5, 0.6) is 0 Å². The second-order valence-corrected chi connectivity index (χ2v) is 14.6. The van der Waals surface area contributed by atoms with E-state index in [1.165, 1.54) is 32.0 Å². The van der Waals surface area contributed by atoms with Crippen molar-refractivity contribution in [2.75, 3.05) is 5.44 Å². The molecule has 0 bridgehead atoms. The molecule has 0 saturated carbocycles. The van der Waals surface area contributed by atoms with E-state index in [4.69, 9.17) is 0 Å². The first-order chi connectivity index (χ1) is 17.4. The van der Waals surface area contributed by atoms with Crippen molar-refractivity contribution in [2.24, 2.45) is 0 Å². The molecule has 1 heterocycles. The molecule has 0 spiro atoms. The fourth-order valence-electron chi connectivity index (χ4n) is 5.25. The van der Waals surface area contributed by atoms with E-state index in [1.807, 2.05) is 0 Å². The van der Waals surface area contributed by atoms with Gasteiger partial charge in [0.15, 0.2) is 0 Å². The summed E-state index contributed by atoms with van der Waals surface area (Å²) in [5.41, 5.74) is 3.67. The Labute approximate surface area is 214 Å². The number of hydrogen-bond donors (Lipinski definition) is 0. The van der Waals surface area contributed by atoms with Crippen molar-refractivity contribution in [3.8, 4) is 0 Å². The fraction of sp³-hybridized carbons (Fsp3) is 0.0312. The number of rotatable bonds is 5. The predicted molar refractivity (Wildman–Crippen MR) is 152 cm³/mol. The maximum atomic E-state index is 2.42. The molecule has 35 heavy (non-hydrogen) atoms. The first-order valence-electron chi connectivity index (χ1n) is 12.0. The molecule has 0 aromatic heterocycles. The van der Waals surface area contributed by atoms with Crippen molar-refractivity contribution in [1.82, 2.24) is 0 Å². The van der Waals surface area contributed by atoms with Gasteiger partial charge in [0, 0.05) is 0 Å². The summed E-state index contributed by atoms with van der Waals surface area (Å²) in [6.07, 6.45) is 2.36. The van der Waals surface area contributed by atoms with E-state index in [-0.39, 0.29) is 0 Å². The van der Waals surface area contributed by atoms with Crippen LogP contribution in [0, 0.1) is 0 Å². The normalized spacial score (nSPS) is 13.1. The average molecular weight is 532 g/mol. The Morgan fingerprint density at radius 2 is 1.00 bits per heavy atom. The van der Waals surface area contributed by atoms with Crippen molar-refractivity contribution in [3.63, 3.8) is 0 Å². The Morgan fingerprint density at radius 1 is 0.514 bits per heavy atom. The van der Waals surface area contributed by atoms with Crippen LogP contribution in [-0.2, 0) is 0 Å². The van der Waals surface area contributed by atoms with Crippen molar-refractivity contribution in [2.45, 2.75) is 0 Å². The van der Waals surface area contributed by atoms with Gasteiger partial charge in [-0.05, 0) is 0 Å². The number of benzene rings is 5. The Balaban J connectivity index is 1.66. The fourth-order valence-corrected chi connectivity index (χ4v) is 13.5. The molecule has 1 aliphatic heterocycles. The van der Waals surface area contributed by atoms with E-state index in [2.05, 4.69) is 150 Å². The molecule has 1 aliphatic rings. The Kier molecular flexibility index (Phi) is 6.06. The van der Waals surface area contributed by atoms with Gasteiger partial charge >= 0.3 is 215 Å². The Hall–Kier alpha value is -3.49. The van der Waals surface area contributed by atoms with E-state index < -0.39 is 8.07 Å². The van der Waals surface area contributed by atoms with Gasteiger partial charge in [-0.3, -0.25) is 0 Å². The molecule has 0 saturated heterocycles. The number of nitrogens with zero attached hydrogens (tertiary/aromatic N) is 1. The molecule has 0 atom stereocenters. The minimum absolute atomic E-state index is 0.326. The first-order valence-corrected chi connectivity index (χ1v) is 16.0. The number of fused-ring (bicyclic) bond motifs is 1. The van der Waals surface area contributed by atoms with Gasteiger partial charge in [0.2, 0.25) is 0 Å². The molecular weight excluding hydrogens is 505 g/mol. The van der Waals surface area contributed by atoms with Crippen molar-refractivity contribution in [1.29, 1.82) is 0 Å². The molecule has 168 valence electrons. The van der Waals surface area contributed by atoms with E-state index >= 15 is 0 Å². The SMILES string of the molecule is C1=[N+](c2ccccc2)C[Se]c2c1cccc2[Si](c1ccccc1)(c1ccccc1)c1ccccc1. The minimum atomic E-state index is -2.50. The summed E-state index contributed by atoms with van der Waals surface area (Å²) < 4.78 is 3.97. The summed E-state index contributed by atoms with van der Waals surface area (Å²) in [5.74, 6) is 0.